The number of ether oxygens (including phenoxy) is 1. The molecule has 5 heteroatoms. The normalized spacial score (nSPS) is 18.8. The predicted octanol–water partition coefficient (Wildman–Crippen LogP) is 0.359. The highest BCUT2D eigenvalue weighted by Crippen LogP contribution is 2.36. The summed E-state index contributed by atoms with van der Waals surface area (Å²) in [7, 11) is 0. The standard InChI is InChI=1S/C9H10N2O3/c10-5-1-4(9(12)13)2-7-8(5)6(11)3-14-7/h1-2,6H,3,10-11H2,(H,12,13)/t6-/m1/s1. The number of benzene rings is 1. The Labute approximate surface area is 80.3 Å². The molecule has 2 rings (SSSR count). The Morgan fingerprint density at radius 2 is 2.29 bits per heavy atom. The van der Waals surface area contributed by atoms with Crippen LogP contribution in [0.15, 0.2) is 12.1 Å². The molecule has 0 amide bonds. The van der Waals surface area contributed by atoms with Crippen LogP contribution < -0.4 is 16.2 Å². The van der Waals surface area contributed by atoms with Crippen molar-refractivity contribution in [2.24, 2.45) is 5.73 Å². The molecule has 5 nitrogen and oxygen atoms in total. The zero-order valence-corrected chi connectivity index (χ0v) is 7.36. The monoisotopic (exact) mass is 194 g/mol. The number of nitrogen functional groups attached to an aromatic ring is 1. The molecule has 1 heterocycles. The number of fused-ring (bicyclic) bond motifs is 1. The van der Waals surface area contributed by atoms with Crippen LogP contribution in [0.1, 0.15) is 22.0 Å². The SMILES string of the molecule is Nc1cc(C(=O)O)cc2c1[C@H](N)CO2. The van der Waals surface area contributed by atoms with Gasteiger partial charge in [-0.25, -0.2) is 4.79 Å². The van der Waals surface area contributed by atoms with Gasteiger partial charge in [0.05, 0.1) is 11.6 Å². The van der Waals surface area contributed by atoms with Gasteiger partial charge in [-0.3, -0.25) is 0 Å². The number of rotatable bonds is 1. The van der Waals surface area contributed by atoms with Crippen LogP contribution in [0.5, 0.6) is 5.75 Å². The lowest BCUT2D eigenvalue weighted by molar-refractivity contribution is 0.0696. The average molecular weight is 194 g/mol. The molecule has 5 N–H and O–H groups in total. The van der Waals surface area contributed by atoms with Crippen LogP contribution in [0.25, 0.3) is 0 Å². The van der Waals surface area contributed by atoms with Gasteiger partial charge < -0.3 is 21.3 Å². The lowest BCUT2D eigenvalue weighted by atomic mass is 10.0. The molecule has 0 bridgehead atoms. The Morgan fingerprint density at radius 3 is 2.93 bits per heavy atom. The fourth-order valence-corrected chi connectivity index (χ4v) is 1.55. The van der Waals surface area contributed by atoms with Crippen molar-refractivity contribution in [3.8, 4) is 5.75 Å². The van der Waals surface area contributed by atoms with Gasteiger partial charge in [0, 0.05) is 11.3 Å². The van der Waals surface area contributed by atoms with Gasteiger partial charge in [-0.1, -0.05) is 0 Å². The molecule has 1 aliphatic heterocycles. The molecular weight excluding hydrogens is 184 g/mol. The molecule has 0 saturated carbocycles. The summed E-state index contributed by atoms with van der Waals surface area (Å²) in [6.45, 7) is 0.350. The van der Waals surface area contributed by atoms with Crippen LogP contribution in [0.4, 0.5) is 5.69 Å². The second-order valence-corrected chi connectivity index (χ2v) is 3.20. The van der Waals surface area contributed by atoms with Gasteiger partial charge in [0.2, 0.25) is 0 Å². The van der Waals surface area contributed by atoms with E-state index in [2.05, 4.69) is 0 Å². The molecule has 0 aliphatic carbocycles. The van der Waals surface area contributed by atoms with Crippen LogP contribution in [0.2, 0.25) is 0 Å². The van der Waals surface area contributed by atoms with Crippen molar-refractivity contribution in [3.63, 3.8) is 0 Å². The van der Waals surface area contributed by atoms with Gasteiger partial charge in [0.25, 0.3) is 0 Å². The molecule has 14 heavy (non-hydrogen) atoms. The fraction of sp³-hybridized carbons (Fsp3) is 0.222. The smallest absolute Gasteiger partial charge is 0.335 e. The van der Waals surface area contributed by atoms with Gasteiger partial charge in [-0.15, -0.1) is 0 Å². The third-order valence-electron chi connectivity index (χ3n) is 2.21. The number of hydrogen-bond acceptors (Lipinski definition) is 4. The molecule has 1 atom stereocenters. The lowest BCUT2D eigenvalue weighted by Gasteiger charge is -2.06. The zero-order valence-electron chi connectivity index (χ0n) is 7.36. The maximum absolute atomic E-state index is 10.7. The minimum absolute atomic E-state index is 0.121. The van der Waals surface area contributed by atoms with Crippen LogP contribution in [0.3, 0.4) is 0 Å². The van der Waals surface area contributed by atoms with E-state index in [1.54, 1.807) is 0 Å². The van der Waals surface area contributed by atoms with Crippen LogP contribution in [0, 0.1) is 0 Å². The quantitative estimate of drug-likeness (QED) is 0.560. The third-order valence-corrected chi connectivity index (χ3v) is 2.21. The van der Waals surface area contributed by atoms with E-state index in [9.17, 15) is 4.79 Å². The molecule has 0 fully saturated rings. The fourth-order valence-electron chi connectivity index (χ4n) is 1.55. The Morgan fingerprint density at radius 1 is 1.57 bits per heavy atom. The topological polar surface area (TPSA) is 98.6 Å². The molecule has 0 unspecified atom stereocenters. The van der Waals surface area contributed by atoms with E-state index in [1.807, 2.05) is 0 Å². The maximum Gasteiger partial charge on any atom is 0.335 e. The first-order valence-electron chi connectivity index (χ1n) is 4.14. The van der Waals surface area contributed by atoms with Crippen molar-refractivity contribution in [1.29, 1.82) is 0 Å². The van der Waals surface area contributed by atoms with Gasteiger partial charge >= 0.3 is 5.97 Å². The average Bonchev–Trinajstić information content (AvgIpc) is 2.48. The van der Waals surface area contributed by atoms with E-state index < -0.39 is 5.97 Å². The Bertz CT molecular complexity index is 403. The molecule has 0 saturated heterocycles. The molecule has 1 aromatic carbocycles. The highest BCUT2D eigenvalue weighted by molar-refractivity contribution is 5.90. The van der Waals surface area contributed by atoms with Crippen molar-refractivity contribution in [2.75, 3.05) is 12.3 Å². The van der Waals surface area contributed by atoms with Crippen molar-refractivity contribution in [1.82, 2.24) is 0 Å². The second kappa shape index (κ2) is 2.88. The van der Waals surface area contributed by atoms with Crippen molar-refractivity contribution in [3.05, 3.63) is 23.3 Å². The molecular formula is C9H10N2O3. The van der Waals surface area contributed by atoms with Crippen molar-refractivity contribution in [2.45, 2.75) is 6.04 Å². The van der Waals surface area contributed by atoms with Gasteiger partial charge in [0.1, 0.15) is 12.4 Å². The molecule has 1 aromatic rings. The molecule has 0 radical (unpaired) electrons. The van der Waals surface area contributed by atoms with Crippen molar-refractivity contribution < 1.29 is 14.6 Å². The number of hydrogen-bond donors (Lipinski definition) is 3. The van der Waals surface area contributed by atoms with E-state index in [1.165, 1.54) is 12.1 Å². The minimum Gasteiger partial charge on any atom is -0.491 e. The van der Waals surface area contributed by atoms with Crippen LogP contribution in [-0.2, 0) is 0 Å². The number of carbonyl (C=O) groups is 1. The summed E-state index contributed by atoms with van der Waals surface area (Å²) in [5.41, 5.74) is 12.6. The summed E-state index contributed by atoms with van der Waals surface area (Å²) >= 11 is 0. The maximum atomic E-state index is 10.7. The number of carboxylic acids is 1. The summed E-state index contributed by atoms with van der Waals surface area (Å²) in [6, 6.07) is 2.59. The van der Waals surface area contributed by atoms with E-state index in [-0.39, 0.29) is 11.6 Å². The summed E-state index contributed by atoms with van der Waals surface area (Å²) in [5, 5.41) is 8.76. The van der Waals surface area contributed by atoms with E-state index in [0.717, 1.165) is 0 Å². The molecule has 74 valence electrons. The first-order valence-corrected chi connectivity index (χ1v) is 4.14. The number of nitrogens with two attached hydrogens (primary N) is 2. The van der Waals surface area contributed by atoms with E-state index >= 15 is 0 Å². The highest BCUT2D eigenvalue weighted by Gasteiger charge is 2.24. The zero-order chi connectivity index (χ0) is 10.3. The summed E-state index contributed by atoms with van der Waals surface area (Å²) in [6.07, 6.45) is 0. The molecule has 0 spiro atoms. The van der Waals surface area contributed by atoms with Crippen molar-refractivity contribution >= 4 is 11.7 Å². The summed E-state index contributed by atoms with van der Waals surface area (Å²) in [4.78, 5) is 10.7. The predicted molar refractivity (Wildman–Crippen MR) is 50.2 cm³/mol. The molecule has 0 aromatic heterocycles. The van der Waals surface area contributed by atoms with E-state index in [4.69, 9.17) is 21.3 Å². The largest absolute Gasteiger partial charge is 0.491 e. The lowest BCUT2D eigenvalue weighted by Crippen LogP contribution is -2.12. The summed E-state index contributed by atoms with van der Waals surface area (Å²) < 4.78 is 5.21. The number of carboxylic acid groups (broad SMARTS) is 1. The van der Waals surface area contributed by atoms with Gasteiger partial charge in [-0.2, -0.15) is 0 Å². The highest BCUT2D eigenvalue weighted by atomic mass is 16.5. The first kappa shape index (κ1) is 8.83. The summed E-state index contributed by atoms with van der Waals surface area (Å²) in [5.74, 6) is -0.543. The number of aromatic carboxylic acids is 1. The first-order chi connectivity index (χ1) is 6.59. The molecule has 1 aliphatic rings. The van der Waals surface area contributed by atoms with Gasteiger partial charge in [0.15, 0.2) is 0 Å². The minimum atomic E-state index is -1.02. The van der Waals surface area contributed by atoms with Crippen LogP contribution >= 0.6 is 0 Å². The Kier molecular flexibility index (Phi) is 1.82. The Balaban J connectivity index is 2.57. The number of anilines is 1. The van der Waals surface area contributed by atoms with Crippen LogP contribution in [-0.4, -0.2) is 17.7 Å². The third kappa shape index (κ3) is 1.18. The van der Waals surface area contributed by atoms with Gasteiger partial charge in [-0.05, 0) is 12.1 Å². The van der Waals surface area contributed by atoms with E-state index in [0.29, 0.717) is 23.6 Å². The second-order valence-electron chi connectivity index (χ2n) is 3.20. The Hall–Kier alpha value is -1.75.